The smallest absolute Gasteiger partial charge is 0.243 e. The fourth-order valence-corrected chi connectivity index (χ4v) is 4.47. The van der Waals surface area contributed by atoms with Crippen LogP contribution in [0.3, 0.4) is 0 Å². The molecule has 1 atom stereocenters. The predicted octanol–water partition coefficient (Wildman–Crippen LogP) is 3.16. The summed E-state index contributed by atoms with van der Waals surface area (Å²) in [6.07, 6.45) is -0.242. The Morgan fingerprint density at radius 1 is 1.20 bits per heavy atom. The first kappa shape index (κ1) is 17.9. The first-order valence-electron chi connectivity index (χ1n) is 8.42. The number of sulfonamides is 1. The van der Waals surface area contributed by atoms with Crippen molar-refractivity contribution in [3.63, 3.8) is 0 Å². The van der Waals surface area contributed by atoms with Crippen molar-refractivity contribution in [3.05, 3.63) is 59.7 Å². The highest BCUT2D eigenvalue weighted by Gasteiger charge is 2.31. The van der Waals surface area contributed by atoms with Crippen LogP contribution in [0.1, 0.15) is 24.2 Å². The van der Waals surface area contributed by atoms with Crippen LogP contribution in [0.15, 0.2) is 53.4 Å². The van der Waals surface area contributed by atoms with E-state index in [-0.39, 0.29) is 6.10 Å². The van der Waals surface area contributed by atoms with Crippen molar-refractivity contribution >= 4 is 10.0 Å². The van der Waals surface area contributed by atoms with Crippen LogP contribution in [0.5, 0.6) is 5.75 Å². The number of ether oxygens (including phenoxy) is 2. The molecule has 2 aromatic carbocycles. The van der Waals surface area contributed by atoms with Gasteiger partial charge in [0, 0.05) is 13.1 Å². The fourth-order valence-electron chi connectivity index (χ4n) is 2.96. The topological polar surface area (TPSA) is 55.8 Å². The van der Waals surface area contributed by atoms with Crippen molar-refractivity contribution < 1.29 is 17.9 Å². The second-order valence-corrected chi connectivity index (χ2v) is 7.93. The molecule has 0 aromatic heterocycles. The van der Waals surface area contributed by atoms with Crippen LogP contribution in [0.25, 0.3) is 0 Å². The summed E-state index contributed by atoms with van der Waals surface area (Å²) in [6.45, 7) is 5.37. The van der Waals surface area contributed by atoms with E-state index in [1.807, 2.05) is 44.2 Å². The quantitative estimate of drug-likeness (QED) is 0.821. The zero-order valence-electron chi connectivity index (χ0n) is 14.5. The van der Waals surface area contributed by atoms with Gasteiger partial charge in [-0.3, -0.25) is 0 Å². The maximum atomic E-state index is 13.0. The average molecular weight is 361 g/mol. The maximum absolute atomic E-state index is 13.0. The minimum Gasteiger partial charge on any atom is -0.494 e. The molecule has 0 bridgehead atoms. The molecular weight excluding hydrogens is 338 g/mol. The predicted molar refractivity (Wildman–Crippen MR) is 96.2 cm³/mol. The summed E-state index contributed by atoms with van der Waals surface area (Å²) in [4.78, 5) is 0.294. The maximum Gasteiger partial charge on any atom is 0.243 e. The second-order valence-electron chi connectivity index (χ2n) is 5.99. The Bertz CT molecular complexity index is 821. The molecule has 5 nitrogen and oxygen atoms in total. The molecule has 0 amide bonds. The lowest BCUT2D eigenvalue weighted by molar-refractivity contribution is -0.00255. The van der Waals surface area contributed by atoms with Gasteiger partial charge in [-0.25, -0.2) is 8.42 Å². The van der Waals surface area contributed by atoms with Crippen LogP contribution in [0.4, 0.5) is 0 Å². The zero-order valence-corrected chi connectivity index (χ0v) is 15.3. The number of benzene rings is 2. The van der Waals surface area contributed by atoms with Gasteiger partial charge in [0.15, 0.2) is 0 Å². The van der Waals surface area contributed by atoms with Gasteiger partial charge in [-0.15, -0.1) is 0 Å². The Morgan fingerprint density at radius 3 is 2.64 bits per heavy atom. The van der Waals surface area contributed by atoms with E-state index in [0.29, 0.717) is 36.9 Å². The van der Waals surface area contributed by atoms with Crippen molar-refractivity contribution in [1.29, 1.82) is 0 Å². The molecule has 1 heterocycles. The second kappa shape index (κ2) is 7.56. The monoisotopic (exact) mass is 361 g/mol. The minimum absolute atomic E-state index is 0.242. The standard InChI is InChI=1S/C19H23NO4S/c1-3-23-18-10-9-17(13-15(18)2)25(21,22)20-11-12-24-19(14-20)16-7-5-4-6-8-16/h4-10,13,19H,3,11-12,14H2,1-2H3/t19-/m1/s1. The Labute approximate surface area is 149 Å². The van der Waals surface area contributed by atoms with Crippen LogP contribution >= 0.6 is 0 Å². The van der Waals surface area contributed by atoms with Gasteiger partial charge in [0.05, 0.1) is 24.2 Å². The first-order chi connectivity index (χ1) is 12.0. The molecule has 0 spiro atoms. The Kier molecular flexibility index (Phi) is 5.42. The third-order valence-corrected chi connectivity index (χ3v) is 6.15. The SMILES string of the molecule is CCOc1ccc(S(=O)(=O)N2CCO[C@@H](c3ccccc3)C2)cc1C. The van der Waals surface area contributed by atoms with Crippen molar-refractivity contribution in [2.75, 3.05) is 26.3 Å². The van der Waals surface area contributed by atoms with Gasteiger partial charge >= 0.3 is 0 Å². The highest BCUT2D eigenvalue weighted by Crippen LogP contribution is 2.28. The van der Waals surface area contributed by atoms with Crippen LogP contribution < -0.4 is 4.74 Å². The summed E-state index contributed by atoms with van der Waals surface area (Å²) in [5, 5.41) is 0. The first-order valence-corrected chi connectivity index (χ1v) is 9.86. The molecule has 0 unspecified atom stereocenters. The Hall–Kier alpha value is -1.89. The van der Waals surface area contributed by atoms with E-state index >= 15 is 0 Å². The summed E-state index contributed by atoms with van der Waals surface area (Å²) in [6, 6.07) is 14.7. The van der Waals surface area contributed by atoms with Crippen molar-refractivity contribution in [1.82, 2.24) is 4.31 Å². The third kappa shape index (κ3) is 3.86. The van der Waals surface area contributed by atoms with E-state index in [1.165, 1.54) is 4.31 Å². The minimum atomic E-state index is -3.56. The van der Waals surface area contributed by atoms with Gasteiger partial charge in [-0.2, -0.15) is 4.31 Å². The molecule has 2 aromatic rings. The lowest BCUT2D eigenvalue weighted by Gasteiger charge is -2.32. The summed E-state index contributed by atoms with van der Waals surface area (Å²) in [5.41, 5.74) is 1.81. The number of hydrogen-bond donors (Lipinski definition) is 0. The number of rotatable bonds is 5. The van der Waals surface area contributed by atoms with Gasteiger partial charge in [-0.05, 0) is 43.2 Å². The number of aryl methyl sites for hydroxylation is 1. The number of morpholine rings is 1. The van der Waals surface area contributed by atoms with Gasteiger partial charge in [-0.1, -0.05) is 30.3 Å². The third-order valence-electron chi connectivity index (χ3n) is 4.28. The van der Waals surface area contributed by atoms with E-state index in [0.717, 1.165) is 11.1 Å². The van der Waals surface area contributed by atoms with Gasteiger partial charge in [0.2, 0.25) is 10.0 Å². The Morgan fingerprint density at radius 2 is 1.96 bits per heavy atom. The molecule has 0 radical (unpaired) electrons. The van der Waals surface area contributed by atoms with E-state index < -0.39 is 10.0 Å². The van der Waals surface area contributed by atoms with Crippen LogP contribution in [-0.2, 0) is 14.8 Å². The Balaban J connectivity index is 1.83. The normalized spacial score (nSPS) is 18.9. The molecule has 1 saturated heterocycles. The molecular formula is C19H23NO4S. The average Bonchev–Trinajstić information content (AvgIpc) is 2.64. The molecule has 3 rings (SSSR count). The molecule has 1 aliphatic rings. The fraction of sp³-hybridized carbons (Fsp3) is 0.368. The molecule has 0 saturated carbocycles. The molecule has 6 heteroatoms. The van der Waals surface area contributed by atoms with Crippen LogP contribution in [0, 0.1) is 6.92 Å². The summed E-state index contributed by atoms with van der Waals surface area (Å²) in [5.74, 6) is 0.714. The zero-order chi connectivity index (χ0) is 17.9. The van der Waals surface area contributed by atoms with E-state index in [2.05, 4.69) is 0 Å². The van der Waals surface area contributed by atoms with Crippen molar-refractivity contribution in [2.45, 2.75) is 24.8 Å². The molecule has 134 valence electrons. The van der Waals surface area contributed by atoms with E-state index in [1.54, 1.807) is 18.2 Å². The lowest BCUT2D eigenvalue weighted by atomic mass is 10.1. The van der Waals surface area contributed by atoms with Gasteiger partial charge in [0.1, 0.15) is 5.75 Å². The summed E-state index contributed by atoms with van der Waals surface area (Å²) < 4.78 is 38.8. The number of nitrogens with zero attached hydrogens (tertiary/aromatic N) is 1. The van der Waals surface area contributed by atoms with E-state index in [4.69, 9.17) is 9.47 Å². The molecule has 25 heavy (non-hydrogen) atoms. The van der Waals surface area contributed by atoms with Crippen LogP contribution in [-0.4, -0.2) is 39.0 Å². The van der Waals surface area contributed by atoms with Gasteiger partial charge in [0.25, 0.3) is 0 Å². The highest BCUT2D eigenvalue weighted by molar-refractivity contribution is 7.89. The van der Waals surface area contributed by atoms with Crippen LogP contribution in [0.2, 0.25) is 0 Å². The largest absolute Gasteiger partial charge is 0.494 e. The number of hydrogen-bond acceptors (Lipinski definition) is 4. The molecule has 1 aliphatic heterocycles. The summed E-state index contributed by atoms with van der Waals surface area (Å²) >= 11 is 0. The summed E-state index contributed by atoms with van der Waals surface area (Å²) in [7, 11) is -3.56. The highest BCUT2D eigenvalue weighted by atomic mass is 32.2. The molecule has 0 aliphatic carbocycles. The van der Waals surface area contributed by atoms with E-state index in [9.17, 15) is 8.42 Å². The molecule has 1 fully saturated rings. The van der Waals surface area contributed by atoms with Crippen molar-refractivity contribution in [2.24, 2.45) is 0 Å². The van der Waals surface area contributed by atoms with Crippen molar-refractivity contribution in [3.8, 4) is 5.75 Å². The van der Waals surface area contributed by atoms with Gasteiger partial charge < -0.3 is 9.47 Å². The molecule has 0 N–H and O–H groups in total. The lowest BCUT2D eigenvalue weighted by Crippen LogP contribution is -2.42.